The number of hydrogen-bond donors (Lipinski definition) is 2. The molecule has 0 radical (unpaired) electrons. The molecule has 0 spiro atoms. The molecule has 0 aliphatic heterocycles. The Morgan fingerprint density at radius 3 is 2.50 bits per heavy atom. The van der Waals surface area contributed by atoms with E-state index >= 15 is 0 Å². The number of nitrogens with two attached hydrogens (primary N) is 1. The van der Waals surface area contributed by atoms with Gasteiger partial charge in [-0.1, -0.05) is 19.4 Å². The molecule has 0 amide bonds. The summed E-state index contributed by atoms with van der Waals surface area (Å²) in [5, 5.41) is 3.05. The van der Waals surface area contributed by atoms with Crippen LogP contribution in [-0.2, 0) is 0 Å². The second kappa shape index (κ2) is 5.92. The van der Waals surface area contributed by atoms with Crippen LogP contribution in [0.1, 0.15) is 24.9 Å². The highest BCUT2D eigenvalue weighted by atomic mass is 19.2. The molecule has 1 aromatic carbocycles. The summed E-state index contributed by atoms with van der Waals surface area (Å²) in [5.41, 5.74) is 6.67. The van der Waals surface area contributed by atoms with Gasteiger partial charge in [-0.05, 0) is 37.2 Å². The van der Waals surface area contributed by atoms with Crippen molar-refractivity contribution in [1.82, 2.24) is 5.32 Å². The summed E-state index contributed by atoms with van der Waals surface area (Å²) in [6, 6.07) is 3.57. The van der Waals surface area contributed by atoms with Crippen LogP contribution < -0.4 is 11.1 Å². The fourth-order valence-corrected chi connectivity index (χ4v) is 1.78. The Morgan fingerprint density at radius 1 is 1.31 bits per heavy atom. The number of nitrogens with one attached hydrogen (secondary N) is 1. The Hall–Kier alpha value is -1.00. The standard InChI is InChI=1S/C12H18F2N2/c1-3-8(7-16-2)12(15)9-4-5-10(13)11(14)6-9/h4-6,8,12,16H,3,7,15H2,1-2H3. The smallest absolute Gasteiger partial charge is 0.159 e. The lowest BCUT2D eigenvalue weighted by Crippen LogP contribution is -2.29. The van der Waals surface area contributed by atoms with Gasteiger partial charge in [0.15, 0.2) is 11.6 Å². The van der Waals surface area contributed by atoms with Crippen molar-refractivity contribution >= 4 is 0 Å². The lowest BCUT2D eigenvalue weighted by Gasteiger charge is -2.22. The van der Waals surface area contributed by atoms with Crippen molar-refractivity contribution in [2.45, 2.75) is 19.4 Å². The van der Waals surface area contributed by atoms with Crippen molar-refractivity contribution in [1.29, 1.82) is 0 Å². The molecule has 90 valence electrons. The van der Waals surface area contributed by atoms with Gasteiger partial charge >= 0.3 is 0 Å². The largest absolute Gasteiger partial charge is 0.324 e. The van der Waals surface area contributed by atoms with Crippen LogP contribution in [0.15, 0.2) is 18.2 Å². The van der Waals surface area contributed by atoms with E-state index < -0.39 is 11.6 Å². The molecule has 3 N–H and O–H groups in total. The summed E-state index contributed by atoms with van der Waals surface area (Å²) in [5.74, 6) is -1.46. The van der Waals surface area contributed by atoms with E-state index in [0.717, 1.165) is 19.0 Å². The molecule has 4 heteroatoms. The molecule has 1 aromatic rings. The molecular formula is C12H18F2N2. The summed E-state index contributed by atoms with van der Waals surface area (Å²) >= 11 is 0. The molecule has 0 aromatic heterocycles. The minimum absolute atomic E-state index is 0.217. The third-order valence-corrected chi connectivity index (χ3v) is 2.83. The summed E-state index contributed by atoms with van der Waals surface area (Å²) in [7, 11) is 1.85. The van der Waals surface area contributed by atoms with Crippen molar-refractivity contribution in [3.63, 3.8) is 0 Å². The van der Waals surface area contributed by atoms with Gasteiger partial charge in [0.1, 0.15) is 0 Å². The first-order chi connectivity index (χ1) is 7.60. The second-order valence-electron chi connectivity index (χ2n) is 3.93. The number of rotatable bonds is 5. The van der Waals surface area contributed by atoms with Crippen LogP contribution in [0.25, 0.3) is 0 Å². The lowest BCUT2D eigenvalue weighted by molar-refractivity contribution is 0.400. The van der Waals surface area contributed by atoms with Gasteiger partial charge in [-0.3, -0.25) is 0 Å². The van der Waals surface area contributed by atoms with E-state index in [1.165, 1.54) is 6.07 Å². The second-order valence-corrected chi connectivity index (χ2v) is 3.93. The third-order valence-electron chi connectivity index (χ3n) is 2.83. The monoisotopic (exact) mass is 228 g/mol. The molecule has 2 atom stereocenters. The van der Waals surface area contributed by atoms with Gasteiger partial charge in [-0.25, -0.2) is 8.78 Å². The Bertz CT molecular complexity index is 342. The van der Waals surface area contributed by atoms with Crippen molar-refractivity contribution in [2.24, 2.45) is 11.7 Å². The van der Waals surface area contributed by atoms with Gasteiger partial charge in [0.05, 0.1) is 0 Å². The van der Waals surface area contributed by atoms with Crippen LogP contribution in [0.5, 0.6) is 0 Å². The Labute approximate surface area is 94.8 Å². The first kappa shape index (κ1) is 13.1. The zero-order chi connectivity index (χ0) is 12.1. The minimum Gasteiger partial charge on any atom is -0.324 e. The summed E-state index contributed by atoms with van der Waals surface area (Å²) in [6.07, 6.45) is 0.890. The Kier molecular flexibility index (Phi) is 4.83. The molecule has 2 unspecified atom stereocenters. The van der Waals surface area contributed by atoms with E-state index in [1.54, 1.807) is 6.07 Å². The van der Waals surface area contributed by atoms with Crippen LogP contribution in [0.2, 0.25) is 0 Å². The normalized spacial score (nSPS) is 14.8. The van der Waals surface area contributed by atoms with Gasteiger partial charge in [0.25, 0.3) is 0 Å². The minimum atomic E-state index is -0.840. The van der Waals surface area contributed by atoms with E-state index in [1.807, 2.05) is 14.0 Å². The average molecular weight is 228 g/mol. The van der Waals surface area contributed by atoms with Gasteiger partial charge in [0, 0.05) is 6.04 Å². The van der Waals surface area contributed by atoms with Crippen molar-refractivity contribution in [3.8, 4) is 0 Å². The van der Waals surface area contributed by atoms with E-state index in [0.29, 0.717) is 5.56 Å². The molecule has 16 heavy (non-hydrogen) atoms. The number of hydrogen-bond acceptors (Lipinski definition) is 2. The molecule has 0 aliphatic rings. The van der Waals surface area contributed by atoms with Crippen LogP contribution in [-0.4, -0.2) is 13.6 Å². The Balaban J connectivity index is 2.85. The molecule has 2 nitrogen and oxygen atoms in total. The van der Waals surface area contributed by atoms with Crippen LogP contribution >= 0.6 is 0 Å². The first-order valence-corrected chi connectivity index (χ1v) is 5.45. The molecule has 0 heterocycles. The Morgan fingerprint density at radius 2 is 2.00 bits per heavy atom. The van der Waals surface area contributed by atoms with Gasteiger partial charge in [0.2, 0.25) is 0 Å². The van der Waals surface area contributed by atoms with Gasteiger partial charge < -0.3 is 11.1 Å². The zero-order valence-corrected chi connectivity index (χ0v) is 9.63. The average Bonchev–Trinajstić information content (AvgIpc) is 2.28. The van der Waals surface area contributed by atoms with E-state index in [2.05, 4.69) is 5.32 Å². The number of halogens is 2. The summed E-state index contributed by atoms with van der Waals surface area (Å²) < 4.78 is 25.8. The fourth-order valence-electron chi connectivity index (χ4n) is 1.78. The number of benzene rings is 1. The quantitative estimate of drug-likeness (QED) is 0.811. The predicted octanol–water partition coefficient (Wildman–Crippen LogP) is 2.21. The SMILES string of the molecule is CCC(CNC)C(N)c1ccc(F)c(F)c1. The highest BCUT2D eigenvalue weighted by Gasteiger charge is 2.18. The predicted molar refractivity (Wildman–Crippen MR) is 61.0 cm³/mol. The van der Waals surface area contributed by atoms with Gasteiger partial charge in [-0.15, -0.1) is 0 Å². The van der Waals surface area contributed by atoms with Crippen molar-refractivity contribution in [3.05, 3.63) is 35.4 Å². The lowest BCUT2D eigenvalue weighted by atomic mass is 9.91. The highest BCUT2D eigenvalue weighted by Crippen LogP contribution is 2.23. The molecule has 0 saturated heterocycles. The summed E-state index contributed by atoms with van der Waals surface area (Å²) in [4.78, 5) is 0. The molecule has 1 rings (SSSR count). The molecule has 0 bridgehead atoms. The first-order valence-electron chi connectivity index (χ1n) is 5.45. The summed E-state index contributed by atoms with van der Waals surface area (Å²) in [6.45, 7) is 2.79. The maximum absolute atomic E-state index is 13.0. The molecule has 0 saturated carbocycles. The van der Waals surface area contributed by atoms with E-state index in [4.69, 9.17) is 5.73 Å². The van der Waals surface area contributed by atoms with Crippen LogP contribution in [0, 0.1) is 17.6 Å². The maximum Gasteiger partial charge on any atom is 0.159 e. The highest BCUT2D eigenvalue weighted by molar-refractivity contribution is 5.21. The molecule has 0 aliphatic carbocycles. The molecular weight excluding hydrogens is 210 g/mol. The van der Waals surface area contributed by atoms with Crippen molar-refractivity contribution in [2.75, 3.05) is 13.6 Å². The van der Waals surface area contributed by atoms with Gasteiger partial charge in [-0.2, -0.15) is 0 Å². The fraction of sp³-hybridized carbons (Fsp3) is 0.500. The zero-order valence-electron chi connectivity index (χ0n) is 9.63. The van der Waals surface area contributed by atoms with Crippen LogP contribution in [0.3, 0.4) is 0 Å². The molecule has 0 fully saturated rings. The third kappa shape index (κ3) is 3.00. The van der Waals surface area contributed by atoms with Crippen LogP contribution in [0.4, 0.5) is 8.78 Å². The van der Waals surface area contributed by atoms with Crippen molar-refractivity contribution < 1.29 is 8.78 Å². The van der Waals surface area contributed by atoms with E-state index in [9.17, 15) is 8.78 Å². The topological polar surface area (TPSA) is 38.0 Å². The van der Waals surface area contributed by atoms with E-state index in [-0.39, 0.29) is 12.0 Å². The maximum atomic E-state index is 13.0.